The summed E-state index contributed by atoms with van der Waals surface area (Å²) >= 11 is 0. The number of amides is 2. The predicted octanol–water partition coefficient (Wildman–Crippen LogP) is 3.24. The van der Waals surface area contributed by atoms with Gasteiger partial charge >= 0.3 is 0 Å². The fraction of sp³-hybridized carbons (Fsp3) is 0.261. The predicted molar refractivity (Wildman–Crippen MR) is 112 cm³/mol. The van der Waals surface area contributed by atoms with Crippen LogP contribution in [0.4, 0.5) is 5.69 Å². The standard InChI is InChI=1S/C23H24N4O2/c1-16-9-7-8-12-19(16)27-21(28)20-13-17(2)25-26(20)15-23(27,3)22(29)24-14-18-10-5-4-6-11-18/h4-13H,14-15H2,1-3H3,(H,24,29)/t23-/m1/s1. The minimum Gasteiger partial charge on any atom is -0.350 e. The lowest BCUT2D eigenvalue weighted by atomic mass is 9.93. The molecule has 6 heteroatoms. The van der Waals surface area contributed by atoms with Crippen LogP contribution in [0, 0.1) is 13.8 Å². The van der Waals surface area contributed by atoms with Crippen molar-refractivity contribution in [1.29, 1.82) is 0 Å². The highest BCUT2D eigenvalue weighted by atomic mass is 16.2. The zero-order chi connectivity index (χ0) is 20.6. The first-order chi connectivity index (χ1) is 13.9. The van der Waals surface area contributed by atoms with Crippen LogP contribution < -0.4 is 10.2 Å². The maximum atomic E-state index is 13.5. The highest BCUT2D eigenvalue weighted by Crippen LogP contribution is 2.34. The van der Waals surface area contributed by atoms with E-state index in [1.54, 1.807) is 22.6 Å². The van der Waals surface area contributed by atoms with E-state index in [1.165, 1.54) is 0 Å². The van der Waals surface area contributed by atoms with Gasteiger partial charge in [-0.05, 0) is 44.0 Å². The van der Waals surface area contributed by atoms with E-state index < -0.39 is 5.54 Å². The van der Waals surface area contributed by atoms with Gasteiger partial charge in [0.1, 0.15) is 11.2 Å². The van der Waals surface area contributed by atoms with Gasteiger partial charge < -0.3 is 5.32 Å². The Hall–Kier alpha value is -3.41. The summed E-state index contributed by atoms with van der Waals surface area (Å²) in [6.45, 7) is 6.29. The van der Waals surface area contributed by atoms with E-state index in [2.05, 4.69) is 10.4 Å². The fourth-order valence-electron chi connectivity index (χ4n) is 3.87. The smallest absolute Gasteiger partial charge is 0.277 e. The molecule has 6 nitrogen and oxygen atoms in total. The number of fused-ring (bicyclic) bond motifs is 1. The molecule has 2 aromatic carbocycles. The van der Waals surface area contributed by atoms with Crippen LogP contribution in [0.1, 0.15) is 34.2 Å². The Morgan fingerprint density at radius 2 is 1.79 bits per heavy atom. The number of hydrogen-bond acceptors (Lipinski definition) is 3. The van der Waals surface area contributed by atoms with E-state index in [0.29, 0.717) is 12.2 Å². The van der Waals surface area contributed by atoms with Crippen LogP contribution in [0.25, 0.3) is 0 Å². The van der Waals surface area contributed by atoms with Crippen LogP contribution in [-0.2, 0) is 17.9 Å². The average molecular weight is 388 g/mol. The summed E-state index contributed by atoms with van der Waals surface area (Å²) in [6, 6.07) is 19.1. The molecule has 0 unspecified atom stereocenters. The Morgan fingerprint density at radius 3 is 2.52 bits per heavy atom. The average Bonchev–Trinajstić information content (AvgIpc) is 3.08. The van der Waals surface area contributed by atoms with Crippen molar-refractivity contribution in [3.8, 4) is 0 Å². The number of rotatable bonds is 4. The summed E-state index contributed by atoms with van der Waals surface area (Å²) < 4.78 is 1.65. The van der Waals surface area contributed by atoms with E-state index in [-0.39, 0.29) is 18.4 Å². The quantitative estimate of drug-likeness (QED) is 0.746. The number of hydrogen-bond donors (Lipinski definition) is 1. The van der Waals surface area contributed by atoms with Crippen molar-refractivity contribution in [3.63, 3.8) is 0 Å². The molecule has 4 rings (SSSR count). The van der Waals surface area contributed by atoms with Crippen molar-refractivity contribution in [2.45, 2.75) is 39.4 Å². The first-order valence-electron chi connectivity index (χ1n) is 9.67. The van der Waals surface area contributed by atoms with E-state index in [1.807, 2.05) is 68.4 Å². The summed E-state index contributed by atoms with van der Waals surface area (Å²) in [5.74, 6) is -0.430. The van der Waals surface area contributed by atoms with Gasteiger partial charge in [0.15, 0.2) is 0 Å². The van der Waals surface area contributed by atoms with Crippen molar-refractivity contribution in [2.75, 3.05) is 4.90 Å². The van der Waals surface area contributed by atoms with E-state index in [4.69, 9.17) is 0 Å². The van der Waals surface area contributed by atoms with Crippen LogP contribution in [0.2, 0.25) is 0 Å². The Kier molecular flexibility index (Phi) is 4.70. The Bertz CT molecular complexity index is 1070. The highest BCUT2D eigenvalue weighted by molar-refractivity contribution is 6.12. The van der Waals surface area contributed by atoms with Gasteiger partial charge in [-0.1, -0.05) is 48.5 Å². The second kappa shape index (κ2) is 7.20. The molecule has 0 saturated carbocycles. The maximum absolute atomic E-state index is 13.5. The van der Waals surface area contributed by atoms with Crippen molar-refractivity contribution < 1.29 is 9.59 Å². The van der Waals surface area contributed by atoms with Gasteiger partial charge in [0.05, 0.1) is 12.2 Å². The molecule has 2 amide bonds. The van der Waals surface area contributed by atoms with Crippen LogP contribution in [0.5, 0.6) is 0 Å². The molecule has 2 heterocycles. The van der Waals surface area contributed by atoms with Crippen LogP contribution in [0.15, 0.2) is 60.7 Å². The first kappa shape index (κ1) is 18.9. The zero-order valence-electron chi connectivity index (χ0n) is 16.8. The SMILES string of the molecule is Cc1cc2n(n1)C[C@](C)(C(=O)NCc1ccccc1)N(c1ccccc1C)C2=O. The third-order valence-electron chi connectivity index (χ3n) is 5.42. The lowest BCUT2D eigenvalue weighted by molar-refractivity contribution is -0.126. The molecule has 0 aliphatic carbocycles. The second-order valence-electron chi connectivity index (χ2n) is 7.70. The summed E-state index contributed by atoms with van der Waals surface area (Å²) in [5.41, 5.74) is 2.83. The fourth-order valence-corrected chi connectivity index (χ4v) is 3.87. The summed E-state index contributed by atoms with van der Waals surface area (Å²) in [7, 11) is 0. The third kappa shape index (κ3) is 3.31. The number of nitrogens with zero attached hydrogens (tertiary/aromatic N) is 3. The first-order valence-corrected chi connectivity index (χ1v) is 9.67. The summed E-state index contributed by atoms with van der Waals surface area (Å²) in [5, 5.41) is 7.45. The molecule has 0 spiro atoms. The number of anilines is 1. The molecule has 0 fully saturated rings. The zero-order valence-corrected chi connectivity index (χ0v) is 16.8. The van der Waals surface area contributed by atoms with Crippen LogP contribution in [-0.4, -0.2) is 27.1 Å². The lowest BCUT2D eigenvalue weighted by Crippen LogP contribution is -2.64. The highest BCUT2D eigenvalue weighted by Gasteiger charge is 2.49. The summed E-state index contributed by atoms with van der Waals surface area (Å²) in [4.78, 5) is 28.5. The molecule has 0 saturated heterocycles. The number of aryl methyl sites for hydroxylation is 2. The van der Waals surface area contributed by atoms with Gasteiger partial charge in [0.25, 0.3) is 5.91 Å². The molecule has 1 N–H and O–H groups in total. The molecule has 0 radical (unpaired) electrons. The largest absolute Gasteiger partial charge is 0.350 e. The van der Waals surface area contributed by atoms with Gasteiger partial charge in [-0.2, -0.15) is 5.10 Å². The topological polar surface area (TPSA) is 67.2 Å². The number of para-hydroxylation sites is 1. The number of carbonyl (C=O) groups is 2. The Balaban J connectivity index is 1.74. The van der Waals surface area contributed by atoms with Crippen molar-refractivity contribution >= 4 is 17.5 Å². The van der Waals surface area contributed by atoms with Crippen molar-refractivity contribution in [1.82, 2.24) is 15.1 Å². The van der Waals surface area contributed by atoms with Gasteiger partial charge in [0, 0.05) is 12.2 Å². The molecule has 3 aromatic rings. The number of aromatic nitrogens is 2. The van der Waals surface area contributed by atoms with E-state index in [0.717, 1.165) is 22.5 Å². The monoisotopic (exact) mass is 388 g/mol. The van der Waals surface area contributed by atoms with Gasteiger partial charge in [-0.3, -0.25) is 19.2 Å². The van der Waals surface area contributed by atoms with Crippen molar-refractivity contribution in [2.24, 2.45) is 0 Å². The second-order valence-corrected chi connectivity index (χ2v) is 7.70. The molecular formula is C23H24N4O2. The number of carbonyl (C=O) groups excluding carboxylic acids is 2. The minimum atomic E-state index is -1.11. The third-order valence-corrected chi connectivity index (χ3v) is 5.42. The minimum absolute atomic E-state index is 0.211. The Morgan fingerprint density at radius 1 is 1.10 bits per heavy atom. The molecular weight excluding hydrogens is 364 g/mol. The van der Waals surface area contributed by atoms with Gasteiger partial charge in [-0.15, -0.1) is 0 Å². The van der Waals surface area contributed by atoms with E-state index in [9.17, 15) is 9.59 Å². The molecule has 29 heavy (non-hydrogen) atoms. The molecule has 1 atom stereocenters. The van der Waals surface area contributed by atoms with Gasteiger partial charge in [-0.25, -0.2) is 0 Å². The van der Waals surface area contributed by atoms with Crippen LogP contribution in [0.3, 0.4) is 0 Å². The lowest BCUT2D eigenvalue weighted by Gasteiger charge is -2.43. The number of benzene rings is 2. The van der Waals surface area contributed by atoms with E-state index >= 15 is 0 Å². The molecule has 0 bridgehead atoms. The van der Waals surface area contributed by atoms with Crippen LogP contribution >= 0.6 is 0 Å². The van der Waals surface area contributed by atoms with Gasteiger partial charge in [0.2, 0.25) is 5.91 Å². The molecule has 1 aliphatic rings. The molecule has 148 valence electrons. The summed E-state index contributed by atoms with van der Waals surface area (Å²) in [6.07, 6.45) is 0. The normalized spacial score (nSPS) is 18.4. The van der Waals surface area contributed by atoms with Crippen molar-refractivity contribution in [3.05, 3.63) is 83.2 Å². The molecule has 1 aromatic heterocycles. The number of nitrogens with one attached hydrogen (secondary N) is 1. The maximum Gasteiger partial charge on any atom is 0.277 e. The molecule has 1 aliphatic heterocycles. The Labute approximate surface area is 170 Å².